The summed E-state index contributed by atoms with van der Waals surface area (Å²) < 4.78 is 1.10. The molecule has 0 atom stereocenters. The zero-order chi connectivity index (χ0) is 21.5. The molecule has 30 heavy (non-hydrogen) atoms. The number of benzene rings is 1. The summed E-state index contributed by atoms with van der Waals surface area (Å²) in [5, 5.41) is 3.89. The third-order valence-electron chi connectivity index (χ3n) is 5.27. The maximum absolute atomic E-state index is 12.5. The van der Waals surface area contributed by atoms with Crippen molar-refractivity contribution in [2.45, 2.75) is 32.6 Å². The van der Waals surface area contributed by atoms with Crippen LogP contribution in [0.4, 0.5) is 5.13 Å². The normalized spacial score (nSPS) is 14.2. The van der Waals surface area contributed by atoms with Gasteiger partial charge in [0.1, 0.15) is 5.78 Å². The molecule has 1 fully saturated rings. The minimum absolute atomic E-state index is 0.0170. The van der Waals surface area contributed by atoms with Gasteiger partial charge in [0.25, 0.3) is 0 Å². The van der Waals surface area contributed by atoms with Gasteiger partial charge in [-0.3, -0.25) is 14.4 Å². The number of hydrogen-bond acceptors (Lipinski definition) is 7. The first-order chi connectivity index (χ1) is 14.5. The minimum atomic E-state index is 0.0170. The van der Waals surface area contributed by atoms with Crippen molar-refractivity contribution >= 4 is 56.9 Å². The van der Waals surface area contributed by atoms with Crippen molar-refractivity contribution in [2.24, 2.45) is 0 Å². The van der Waals surface area contributed by atoms with Gasteiger partial charge in [-0.05, 0) is 31.4 Å². The summed E-state index contributed by atoms with van der Waals surface area (Å²) in [5.74, 6) is 0.497. The number of carbonyl (C=O) groups excluding carboxylic acids is 3. The Labute approximate surface area is 186 Å². The lowest BCUT2D eigenvalue weighted by atomic mass is 10.1. The van der Waals surface area contributed by atoms with Gasteiger partial charge in [-0.1, -0.05) is 23.5 Å². The summed E-state index contributed by atoms with van der Waals surface area (Å²) in [6.07, 6.45) is 2.37. The molecule has 0 radical (unpaired) electrons. The highest BCUT2D eigenvalue weighted by Crippen LogP contribution is 2.27. The number of nitrogens with one attached hydrogen (secondary N) is 1. The van der Waals surface area contributed by atoms with E-state index in [1.54, 1.807) is 16.2 Å². The van der Waals surface area contributed by atoms with Crippen LogP contribution in [0.5, 0.6) is 0 Å². The molecule has 0 aliphatic carbocycles. The van der Waals surface area contributed by atoms with Crippen molar-refractivity contribution in [2.75, 3.05) is 43.8 Å². The number of Topliss-reactive ketones (excluding diaryl/α,β-unsaturated/α-hetero) is 1. The number of aromatic nitrogens is 1. The lowest BCUT2D eigenvalue weighted by Gasteiger charge is -2.35. The number of unbranched alkanes of at least 4 members (excludes halogenated alkanes) is 1. The van der Waals surface area contributed by atoms with Gasteiger partial charge in [-0.25, -0.2) is 4.98 Å². The van der Waals surface area contributed by atoms with Crippen LogP contribution in [0.3, 0.4) is 0 Å². The van der Waals surface area contributed by atoms with Crippen LogP contribution in [0.2, 0.25) is 0 Å². The molecule has 162 valence electrons. The number of hydrogen-bond donors (Lipinski definition) is 2. The Balaban J connectivity index is 1.38. The van der Waals surface area contributed by atoms with Crippen molar-refractivity contribution in [3.8, 4) is 0 Å². The molecule has 0 unspecified atom stereocenters. The van der Waals surface area contributed by atoms with Crippen LogP contribution in [0.25, 0.3) is 10.2 Å². The number of fused-ring (bicyclic) bond motifs is 1. The van der Waals surface area contributed by atoms with E-state index in [0.717, 1.165) is 27.3 Å². The molecule has 1 aliphatic rings. The average Bonchev–Trinajstić information content (AvgIpc) is 3.19. The van der Waals surface area contributed by atoms with Gasteiger partial charge >= 0.3 is 0 Å². The van der Waals surface area contributed by atoms with Gasteiger partial charge in [0, 0.05) is 44.8 Å². The highest BCUT2D eigenvalue weighted by molar-refractivity contribution is 7.81. The van der Waals surface area contributed by atoms with E-state index in [-0.39, 0.29) is 29.9 Å². The Morgan fingerprint density at radius 3 is 2.40 bits per heavy atom. The first-order valence-electron chi connectivity index (χ1n) is 10.3. The highest BCUT2D eigenvalue weighted by atomic mass is 32.1. The largest absolute Gasteiger partial charge is 0.352 e. The molecule has 0 bridgehead atoms. The molecule has 1 aromatic carbocycles. The van der Waals surface area contributed by atoms with Crippen LogP contribution in [-0.2, 0) is 14.4 Å². The molecule has 0 saturated carbocycles. The molecular weight excluding hydrogens is 420 g/mol. The first kappa shape index (κ1) is 22.6. The number of thiol groups is 1. The van der Waals surface area contributed by atoms with E-state index in [1.807, 2.05) is 30.0 Å². The zero-order valence-corrected chi connectivity index (χ0v) is 18.9. The van der Waals surface area contributed by atoms with Gasteiger partial charge in [0.05, 0.1) is 16.8 Å². The van der Waals surface area contributed by atoms with E-state index < -0.39 is 0 Å². The van der Waals surface area contributed by atoms with Gasteiger partial charge in [0.15, 0.2) is 5.13 Å². The summed E-state index contributed by atoms with van der Waals surface area (Å²) in [4.78, 5) is 44.3. The summed E-state index contributed by atoms with van der Waals surface area (Å²) in [6.45, 7) is 4.43. The van der Waals surface area contributed by atoms with Crippen molar-refractivity contribution < 1.29 is 14.4 Å². The maximum Gasteiger partial charge on any atom is 0.242 e. The molecular formula is C21H28N4O3S2. The van der Waals surface area contributed by atoms with Crippen LogP contribution in [0, 0.1) is 6.92 Å². The maximum atomic E-state index is 12.5. The molecule has 0 spiro atoms. The van der Waals surface area contributed by atoms with E-state index in [9.17, 15) is 14.4 Å². The van der Waals surface area contributed by atoms with E-state index in [0.29, 0.717) is 45.4 Å². The third kappa shape index (κ3) is 5.95. The Morgan fingerprint density at radius 2 is 1.73 bits per heavy atom. The predicted octanol–water partition coefficient (Wildman–Crippen LogP) is 2.75. The minimum Gasteiger partial charge on any atom is -0.352 e. The van der Waals surface area contributed by atoms with Crippen LogP contribution in [-0.4, -0.2) is 70.9 Å². The number of ketones is 1. The molecule has 3 rings (SSSR count). The number of amides is 2. The van der Waals surface area contributed by atoms with E-state index in [4.69, 9.17) is 0 Å². The summed E-state index contributed by atoms with van der Waals surface area (Å²) >= 11 is 5.50. The highest BCUT2D eigenvalue weighted by Gasteiger charge is 2.23. The lowest BCUT2D eigenvalue weighted by Crippen LogP contribution is -2.51. The fraction of sp³-hybridized carbons (Fsp3) is 0.524. The average molecular weight is 449 g/mol. The van der Waals surface area contributed by atoms with Crippen LogP contribution < -0.4 is 5.32 Å². The number of rotatable bonds is 9. The summed E-state index contributed by atoms with van der Waals surface area (Å²) in [6, 6.07) is 6.06. The second-order valence-corrected chi connectivity index (χ2v) is 8.81. The molecule has 2 heterocycles. The molecule has 2 amide bonds. The number of thiazole rings is 1. The van der Waals surface area contributed by atoms with Gasteiger partial charge in [0.2, 0.25) is 11.8 Å². The smallest absolute Gasteiger partial charge is 0.242 e. The number of piperazine rings is 1. The Morgan fingerprint density at radius 1 is 1.07 bits per heavy atom. The Bertz CT molecular complexity index is 907. The third-order valence-corrected chi connectivity index (χ3v) is 6.60. The number of anilines is 1. The van der Waals surface area contributed by atoms with Crippen LogP contribution >= 0.6 is 24.0 Å². The van der Waals surface area contributed by atoms with Crippen molar-refractivity contribution in [3.63, 3.8) is 0 Å². The molecule has 7 nitrogen and oxygen atoms in total. The molecule has 1 aliphatic heterocycles. The SMILES string of the molecule is Cc1cccc2sc(NCC(=O)N3CCN(C(=O)CCCCC(=O)CS)CC3)nc12. The van der Waals surface area contributed by atoms with E-state index >= 15 is 0 Å². The second-order valence-electron chi connectivity index (χ2n) is 7.46. The molecule has 1 N–H and O–H groups in total. The fourth-order valence-corrected chi connectivity index (χ4v) is 4.56. The van der Waals surface area contributed by atoms with Gasteiger partial charge in [-0.15, -0.1) is 0 Å². The quantitative estimate of drug-likeness (QED) is 0.455. The van der Waals surface area contributed by atoms with Crippen LogP contribution in [0.15, 0.2) is 18.2 Å². The second kappa shape index (κ2) is 10.8. The van der Waals surface area contributed by atoms with Crippen molar-refractivity contribution in [1.29, 1.82) is 0 Å². The molecule has 1 aromatic heterocycles. The van der Waals surface area contributed by atoms with E-state index in [1.165, 1.54) is 0 Å². The van der Waals surface area contributed by atoms with Crippen molar-refractivity contribution in [3.05, 3.63) is 23.8 Å². The van der Waals surface area contributed by atoms with Crippen LogP contribution in [0.1, 0.15) is 31.2 Å². The fourth-order valence-electron chi connectivity index (χ4n) is 3.47. The van der Waals surface area contributed by atoms with Crippen molar-refractivity contribution in [1.82, 2.24) is 14.8 Å². The Kier molecular flexibility index (Phi) is 8.09. The monoisotopic (exact) mass is 448 g/mol. The first-order valence-corrected chi connectivity index (χ1v) is 11.7. The number of aryl methyl sites for hydroxylation is 1. The number of nitrogens with zero attached hydrogens (tertiary/aromatic N) is 3. The number of carbonyl (C=O) groups is 3. The zero-order valence-electron chi connectivity index (χ0n) is 17.2. The Hall–Kier alpha value is -2.13. The van der Waals surface area contributed by atoms with Gasteiger partial charge < -0.3 is 15.1 Å². The topological polar surface area (TPSA) is 82.6 Å². The molecule has 1 saturated heterocycles. The standard InChI is InChI=1S/C21H28N4O3S2/c1-15-5-4-7-17-20(15)23-21(30-17)22-13-19(28)25-11-9-24(10-12-25)18(27)8-3-2-6-16(26)14-29/h4-5,7,29H,2-3,6,8-14H2,1H3,(H,22,23). The number of para-hydroxylation sites is 1. The lowest BCUT2D eigenvalue weighted by molar-refractivity contribution is -0.138. The molecule has 9 heteroatoms. The van der Waals surface area contributed by atoms with Gasteiger partial charge in [-0.2, -0.15) is 12.6 Å². The van der Waals surface area contributed by atoms with E-state index in [2.05, 4.69) is 22.9 Å². The summed E-state index contributed by atoms with van der Waals surface area (Å²) in [7, 11) is 0. The predicted molar refractivity (Wildman–Crippen MR) is 123 cm³/mol. The molecule has 2 aromatic rings. The summed E-state index contributed by atoms with van der Waals surface area (Å²) in [5.41, 5.74) is 2.09.